The Morgan fingerprint density at radius 1 is 0.700 bits per heavy atom. The van der Waals surface area contributed by atoms with Crippen molar-refractivity contribution < 1.29 is 8.74 Å². The lowest BCUT2D eigenvalue weighted by atomic mass is 9.51. The SMILES string of the molecule is COSCc1ccc(C(CC(C)(C)C(C)C)C(C)(C)C(C)(C)CC(c2ccc(SO)cc2)C(C)(C)C(C)C)cc1. The van der Waals surface area contributed by atoms with Crippen LogP contribution < -0.4 is 0 Å². The fourth-order valence-corrected chi connectivity index (χ4v) is 6.45. The monoisotopic (exact) mass is 586 g/mol. The molecule has 0 spiro atoms. The van der Waals surface area contributed by atoms with E-state index in [0.717, 1.165) is 35.5 Å². The van der Waals surface area contributed by atoms with Gasteiger partial charge in [0.15, 0.2) is 0 Å². The second-order valence-electron chi connectivity index (χ2n) is 15.1. The Morgan fingerprint density at radius 3 is 1.65 bits per heavy atom. The molecule has 2 nitrogen and oxygen atoms in total. The minimum absolute atomic E-state index is 0.0359. The molecule has 2 rings (SSSR count). The van der Waals surface area contributed by atoms with Gasteiger partial charge < -0.3 is 8.74 Å². The molecular weight excluding hydrogens is 529 g/mol. The summed E-state index contributed by atoms with van der Waals surface area (Å²) in [6, 6.07) is 18.0. The van der Waals surface area contributed by atoms with Crippen molar-refractivity contribution >= 4 is 24.1 Å². The lowest BCUT2D eigenvalue weighted by Crippen LogP contribution is -2.43. The van der Waals surface area contributed by atoms with Gasteiger partial charge in [0.05, 0.1) is 7.11 Å². The highest BCUT2D eigenvalue weighted by atomic mass is 32.2. The lowest BCUT2D eigenvalue weighted by Gasteiger charge is -2.53. The highest BCUT2D eigenvalue weighted by Crippen LogP contribution is 2.59. The average molecular weight is 587 g/mol. The molecule has 0 amide bonds. The van der Waals surface area contributed by atoms with Crippen molar-refractivity contribution in [2.24, 2.45) is 33.5 Å². The first-order valence-corrected chi connectivity index (χ1v) is 16.7. The van der Waals surface area contributed by atoms with E-state index in [0.29, 0.717) is 23.7 Å². The second kappa shape index (κ2) is 14.0. The number of rotatable bonds is 15. The third-order valence-corrected chi connectivity index (χ3v) is 12.3. The van der Waals surface area contributed by atoms with Crippen molar-refractivity contribution in [2.75, 3.05) is 7.11 Å². The van der Waals surface area contributed by atoms with Gasteiger partial charge in [-0.25, -0.2) is 0 Å². The van der Waals surface area contributed by atoms with Crippen LogP contribution in [0.4, 0.5) is 0 Å². The molecule has 226 valence electrons. The molecule has 0 radical (unpaired) electrons. The third kappa shape index (κ3) is 8.33. The topological polar surface area (TPSA) is 29.5 Å². The van der Waals surface area contributed by atoms with E-state index in [1.165, 1.54) is 28.7 Å². The number of hydrogen-bond donors (Lipinski definition) is 1. The zero-order chi connectivity index (χ0) is 30.5. The summed E-state index contributed by atoms with van der Waals surface area (Å²) in [6.07, 6.45) is 2.24. The van der Waals surface area contributed by atoms with E-state index in [1.807, 2.05) is 0 Å². The van der Waals surface area contributed by atoms with E-state index in [4.69, 9.17) is 4.18 Å². The Morgan fingerprint density at radius 2 is 1.20 bits per heavy atom. The van der Waals surface area contributed by atoms with Gasteiger partial charge in [-0.05, 0) is 99.0 Å². The normalized spacial score (nSPS) is 15.1. The fraction of sp³-hybridized carbons (Fsp3) is 0.667. The van der Waals surface area contributed by atoms with E-state index in [1.54, 1.807) is 7.11 Å². The number of hydrogen-bond acceptors (Lipinski definition) is 4. The van der Waals surface area contributed by atoms with Gasteiger partial charge in [0.2, 0.25) is 0 Å². The predicted molar refractivity (Wildman–Crippen MR) is 179 cm³/mol. The van der Waals surface area contributed by atoms with Gasteiger partial charge in [0.1, 0.15) is 0 Å². The molecule has 0 aliphatic rings. The van der Waals surface area contributed by atoms with Crippen LogP contribution in [-0.4, -0.2) is 11.7 Å². The van der Waals surface area contributed by atoms with Crippen molar-refractivity contribution in [3.63, 3.8) is 0 Å². The molecule has 0 saturated carbocycles. The van der Waals surface area contributed by atoms with E-state index >= 15 is 0 Å². The summed E-state index contributed by atoms with van der Waals surface area (Å²) in [5, 5.41) is 0. The molecule has 0 fully saturated rings. The summed E-state index contributed by atoms with van der Waals surface area (Å²) >= 11 is 2.32. The first-order chi connectivity index (χ1) is 18.4. The Bertz CT molecular complexity index is 1030. The molecule has 0 saturated heterocycles. The molecule has 1 N–H and O–H groups in total. The number of benzene rings is 2. The van der Waals surface area contributed by atoms with Gasteiger partial charge in [-0.2, -0.15) is 0 Å². The summed E-state index contributed by atoms with van der Waals surface area (Å²) in [4.78, 5) is 0.896. The van der Waals surface area contributed by atoms with Crippen LogP contribution in [0.15, 0.2) is 53.4 Å². The molecule has 2 aromatic rings. The zero-order valence-electron chi connectivity index (χ0n) is 27.7. The molecule has 0 heterocycles. The summed E-state index contributed by atoms with van der Waals surface area (Å²) in [5.74, 6) is 2.82. The van der Waals surface area contributed by atoms with Gasteiger partial charge in [0.25, 0.3) is 0 Å². The summed E-state index contributed by atoms with van der Waals surface area (Å²) in [7, 11) is 1.74. The lowest BCUT2D eigenvalue weighted by molar-refractivity contribution is 0.0151. The van der Waals surface area contributed by atoms with Crippen LogP contribution in [0.5, 0.6) is 0 Å². The van der Waals surface area contributed by atoms with Gasteiger partial charge in [-0.1, -0.05) is 119 Å². The minimum Gasteiger partial charge on any atom is -0.325 e. The van der Waals surface area contributed by atoms with Crippen molar-refractivity contribution in [1.29, 1.82) is 0 Å². The predicted octanol–water partition coefficient (Wildman–Crippen LogP) is 12.1. The van der Waals surface area contributed by atoms with E-state index in [9.17, 15) is 4.55 Å². The molecule has 0 aliphatic carbocycles. The molecule has 2 atom stereocenters. The quantitative estimate of drug-likeness (QED) is 0.210. The van der Waals surface area contributed by atoms with Crippen LogP contribution in [-0.2, 0) is 9.94 Å². The molecule has 4 heteroatoms. The second-order valence-corrected chi connectivity index (χ2v) is 16.6. The molecule has 0 bridgehead atoms. The van der Waals surface area contributed by atoms with Gasteiger partial charge in [-0.3, -0.25) is 0 Å². The van der Waals surface area contributed by atoms with Crippen molar-refractivity contribution in [3.8, 4) is 0 Å². The zero-order valence-corrected chi connectivity index (χ0v) is 29.4. The van der Waals surface area contributed by atoms with Gasteiger partial charge in [-0.15, -0.1) is 0 Å². The van der Waals surface area contributed by atoms with Crippen molar-refractivity contribution in [1.82, 2.24) is 0 Å². The molecule has 2 unspecified atom stereocenters. The molecule has 40 heavy (non-hydrogen) atoms. The van der Waals surface area contributed by atoms with Crippen LogP contribution in [0.2, 0.25) is 0 Å². The molecule has 0 aliphatic heterocycles. The van der Waals surface area contributed by atoms with Crippen molar-refractivity contribution in [2.45, 2.75) is 118 Å². The van der Waals surface area contributed by atoms with Gasteiger partial charge in [0, 0.05) is 22.7 Å². The minimum atomic E-state index is 0.0359. The highest BCUT2D eigenvalue weighted by Gasteiger charge is 2.48. The van der Waals surface area contributed by atoms with Crippen LogP contribution in [0.25, 0.3) is 0 Å². The fourth-order valence-electron chi connectivity index (χ4n) is 5.74. The van der Waals surface area contributed by atoms with Crippen molar-refractivity contribution in [3.05, 3.63) is 65.2 Å². The maximum Gasteiger partial charge on any atom is 0.0503 e. The Balaban J connectivity index is 2.58. The third-order valence-electron chi connectivity index (χ3n) is 11.1. The molecule has 2 aromatic carbocycles. The Kier molecular flexibility index (Phi) is 12.4. The Labute approximate surface area is 256 Å². The maximum absolute atomic E-state index is 9.58. The van der Waals surface area contributed by atoms with Crippen LogP contribution >= 0.6 is 24.1 Å². The van der Waals surface area contributed by atoms with E-state index < -0.39 is 0 Å². The summed E-state index contributed by atoms with van der Waals surface area (Å²) in [6.45, 7) is 29.3. The van der Waals surface area contributed by atoms with E-state index in [2.05, 4.69) is 132 Å². The first kappa shape index (κ1) is 35.3. The molecular formula is C36H58O2S2. The first-order valence-electron chi connectivity index (χ1n) is 15.1. The van der Waals surface area contributed by atoms with Crippen LogP contribution in [0.3, 0.4) is 0 Å². The smallest absolute Gasteiger partial charge is 0.0503 e. The summed E-state index contributed by atoms with van der Waals surface area (Å²) < 4.78 is 14.8. The van der Waals surface area contributed by atoms with Crippen LogP contribution in [0, 0.1) is 33.5 Å². The van der Waals surface area contributed by atoms with E-state index in [-0.39, 0.29) is 21.7 Å². The maximum atomic E-state index is 9.58. The van der Waals surface area contributed by atoms with Crippen LogP contribution in [0.1, 0.15) is 124 Å². The Hall–Kier alpha value is -0.940. The summed E-state index contributed by atoms with van der Waals surface area (Å²) in [5.41, 5.74) is 4.55. The molecule has 0 aromatic heterocycles. The standard InChI is InChI=1S/C36H58O2S2/c1-25(2)33(5,6)22-32(29-16-14-27(15-17-29)24-39-38-13)36(11,12)34(7,8)23-31(35(9,10)26(3)4)28-18-20-30(40-37)21-19-28/h14-21,25-26,31-32,37H,22-24H2,1-13H3. The van der Waals surface area contributed by atoms with Gasteiger partial charge >= 0.3 is 0 Å². The highest BCUT2D eigenvalue weighted by molar-refractivity contribution is 7.94. The average Bonchev–Trinajstić information content (AvgIpc) is 2.89. The largest absolute Gasteiger partial charge is 0.325 e.